The second-order valence-electron chi connectivity index (χ2n) is 5.92. The van der Waals surface area contributed by atoms with Crippen LogP contribution in [-0.4, -0.2) is 57.4 Å². The molecular formula is C17H27ClIN3O2. The Bertz CT molecular complexity index is 507. The minimum absolute atomic E-state index is 0. The van der Waals surface area contributed by atoms with Crippen molar-refractivity contribution in [2.24, 2.45) is 10.9 Å². The fourth-order valence-corrected chi connectivity index (χ4v) is 2.73. The van der Waals surface area contributed by atoms with Crippen molar-refractivity contribution in [3.05, 3.63) is 29.3 Å². The van der Waals surface area contributed by atoms with Crippen molar-refractivity contribution >= 4 is 41.5 Å². The zero-order chi connectivity index (χ0) is 16.7. The van der Waals surface area contributed by atoms with Crippen LogP contribution >= 0.6 is 35.6 Å². The molecule has 24 heavy (non-hydrogen) atoms. The molecule has 1 aromatic rings. The van der Waals surface area contributed by atoms with Gasteiger partial charge < -0.3 is 19.7 Å². The smallest absolute Gasteiger partial charge is 0.193 e. The molecule has 136 valence electrons. The van der Waals surface area contributed by atoms with Gasteiger partial charge in [0.25, 0.3) is 0 Å². The van der Waals surface area contributed by atoms with Crippen LogP contribution in [0.25, 0.3) is 0 Å². The van der Waals surface area contributed by atoms with E-state index in [1.165, 1.54) is 0 Å². The Labute approximate surface area is 166 Å². The summed E-state index contributed by atoms with van der Waals surface area (Å²) in [5.74, 6) is 2.28. The average molecular weight is 468 g/mol. The first-order chi connectivity index (χ1) is 11.1. The van der Waals surface area contributed by atoms with Crippen LogP contribution in [0.3, 0.4) is 0 Å². The SMILES string of the molecule is CN=C(NCC(C)Oc1ccc(Cl)cc1)N(C)CC1CCOC1.I. The molecule has 1 saturated heterocycles. The number of nitrogens with zero attached hydrogens (tertiary/aromatic N) is 2. The summed E-state index contributed by atoms with van der Waals surface area (Å²) in [5.41, 5.74) is 0. The Morgan fingerprint density at radius 3 is 2.75 bits per heavy atom. The van der Waals surface area contributed by atoms with Crippen molar-refractivity contribution in [3.63, 3.8) is 0 Å². The molecule has 1 fully saturated rings. The van der Waals surface area contributed by atoms with E-state index in [1.54, 1.807) is 7.05 Å². The molecule has 1 aliphatic heterocycles. The van der Waals surface area contributed by atoms with Crippen LogP contribution in [0.2, 0.25) is 5.02 Å². The van der Waals surface area contributed by atoms with Crippen LogP contribution < -0.4 is 10.1 Å². The molecule has 0 aliphatic carbocycles. The molecule has 1 N–H and O–H groups in total. The van der Waals surface area contributed by atoms with Crippen molar-refractivity contribution in [2.45, 2.75) is 19.4 Å². The highest BCUT2D eigenvalue weighted by Gasteiger charge is 2.19. The Morgan fingerprint density at radius 2 is 2.17 bits per heavy atom. The van der Waals surface area contributed by atoms with Crippen molar-refractivity contribution in [1.29, 1.82) is 0 Å². The van der Waals surface area contributed by atoms with Gasteiger partial charge in [0.15, 0.2) is 5.96 Å². The molecule has 0 aromatic heterocycles. The maximum atomic E-state index is 5.88. The number of hydrogen-bond acceptors (Lipinski definition) is 3. The van der Waals surface area contributed by atoms with E-state index < -0.39 is 0 Å². The molecule has 0 saturated carbocycles. The summed E-state index contributed by atoms with van der Waals surface area (Å²) < 4.78 is 11.3. The average Bonchev–Trinajstić information content (AvgIpc) is 3.03. The number of hydrogen-bond donors (Lipinski definition) is 1. The molecule has 2 rings (SSSR count). The lowest BCUT2D eigenvalue weighted by atomic mass is 10.1. The van der Waals surface area contributed by atoms with Crippen LogP contribution in [-0.2, 0) is 4.74 Å². The minimum Gasteiger partial charge on any atom is -0.489 e. The van der Waals surface area contributed by atoms with Gasteiger partial charge in [-0.05, 0) is 37.6 Å². The van der Waals surface area contributed by atoms with Gasteiger partial charge in [-0.3, -0.25) is 4.99 Å². The molecule has 5 nitrogen and oxygen atoms in total. The number of rotatable bonds is 6. The first-order valence-corrected chi connectivity index (χ1v) is 8.38. The van der Waals surface area contributed by atoms with Crippen LogP contribution in [0, 0.1) is 5.92 Å². The number of nitrogens with one attached hydrogen (secondary N) is 1. The second kappa shape index (κ2) is 11.0. The standard InChI is InChI=1S/C17H26ClN3O2.HI/c1-13(23-16-6-4-15(18)5-7-16)10-20-17(19-2)21(3)11-14-8-9-22-12-14;/h4-7,13-14H,8-12H2,1-3H3,(H,19,20);1H. The number of ether oxygens (including phenoxy) is 2. The Hall–Kier alpha value is -0.730. The van der Waals surface area contributed by atoms with Crippen LogP contribution in [0.4, 0.5) is 0 Å². The van der Waals surface area contributed by atoms with E-state index in [9.17, 15) is 0 Å². The third-order valence-corrected chi connectivity index (χ3v) is 4.08. The maximum Gasteiger partial charge on any atom is 0.193 e. The van der Waals surface area contributed by atoms with Crippen molar-refractivity contribution in [2.75, 3.05) is 40.4 Å². The summed E-state index contributed by atoms with van der Waals surface area (Å²) in [4.78, 5) is 6.49. The van der Waals surface area contributed by atoms with Crippen LogP contribution in [0.1, 0.15) is 13.3 Å². The monoisotopic (exact) mass is 467 g/mol. The first-order valence-electron chi connectivity index (χ1n) is 8.00. The molecule has 1 aromatic carbocycles. The van der Waals surface area contributed by atoms with Gasteiger partial charge >= 0.3 is 0 Å². The normalized spacial score (nSPS) is 18.7. The molecule has 1 heterocycles. The predicted octanol–water partition coefficient (Wildman–Crippen LogP) is 3.27. The summed E-state index contributed by atoms with van der Waals surface area (Å²) >= 11 is 5.88. The summed E-state index contributed by atoms with van der Waals surface area (Å²) in [6.45, 7) is 5.38. The zero-order valence-corrected chi connectivity index (χ0v) is 17.6. The van der Waals surface area contributed by atoms with Gasteiger partial charge in [-0.1, -0.05) is 11.6 Å². The van der Waals surface area contributed by atoms with Gasteiger partial charge in [0.1, 0.15) is 11.9 Å². The lowest BCUT2D eigenvalue weighted by molar-refractivity contribution is 0.180. The van der Waals surface area contributed by atoms with Gasteiger partial charge in [0.05, 0.1) is 13.2 Å². The van der Waals surface area contributed by atoms with E-state index in [4.69, 9.17) is 21.1 Å². The number of aliphatic imine (C=N–C) groups is 1. The molecule has 7 heteroatoms. The van der Waals surface area contributed by atoms with E-state index in [1.807, 2.05) is 31.2 Å². The molecule has 1 aliphatic rings. The third-order valence-electron chi connectivity index (χ3n) is 3.83. The summed E-state index contributed by atoms with van der Waals surface area (Å²) in [6.07, 6.45) is 1.15. The number of benzene rings is 1. The largest absolute Gasteiger partial charge is 0.489 e. The zero-order valence-electron chi connectivity index (χ0n) is 14.5. The van der Waals surface area contributed by atoms with Gasteiger partial charge in [0, 0.05) is 38.2 Å². The lowest BCUT2D eigenvalue weighted by Crippen LogP contribution is -2.44. The summed E-state index contributed by atoms with van der Waals surface area (Å²) in [5, 5.41) is 4.07. The van der Waals surface area contributed by atoms with Gasteiger partial charge in [0.2, 0.25) is 0 Å². The Morgan fingerprint density at radius 1 is 1.46 bits per heavy atom. The summed E-state index contributed by atoms with van der Waals surface area (Å²) in [6, 6.07) is 7.40. The molecule has 2 atom stereocenters. The van der Waals surface area contributed by atoms with Crippen molar-refractivity contribution in [3.8, 4) is 5.75 Å². The predicted molar refractivity (Wildman–Crippen MR) is 110 cm³/mol. The second-order valence-corrected chi connectivity index (χ2v) is 6.36. The quantitative estimate of drug-likeness (QED) is 0.396. The fraction of sp³-hybridized carbons (Fsp3) is 0.588. The van der Waals surface area contributed by atoms with Crippen molar-refractivity contribution < 1.29 is 9.47 Å². The lowest BCUT2D eigenvalue weighted by Gasteiger charge is -2.25. The van der Waals surface area contributed by atoms with Gasteiger partial charge in [-0.2, -0.15) is 0 Å². The van der Waals surface area contributed by atoms with Crippen LogP contribution in [0.15, 0.2) is 29.3 Å². The van der Waals surface area contributed by atoms with Crippen LogP contribution in [0.5, 0.6) is 5.75 Å². The number of halogens is 2. The third kappa shape index (κ3) is 7.03. The fourth-order valence-electron chi connectivity index (χ4n) is 2.61. The minimum atomic E-state index is 0. The maximum absolute atomic E-state index is 5.88. The molecule has 2 unspecified atom stereocenters. The Balaban J connectivity index is 0.00000288. The highest BCUT2D eigenvalue weighted by Crippen LogP contribution is 2.16. The number of guanidine groups is 1. The van der Waals surface area contributed by atoms with E-state index in [2.05, 4.69) is 22.3 Å². The van der Waals surface area contributed by atoms with Gasteiger partial charge in [-0.25, -0.2) is 0 Å². The van der Waals surface area contributed by atoms with E-state index in [0.29, 0.717) is 17.5 Å². The molecule has 0 amide bonds. The van der Waals surface area contributed by atoms with E-state index in [0.717, 1.165) is 37.9 Å². The first kappa shape index (κ1) is 21.3. The van der Waals surface area contributed by atoms with Gasteiger partial charge in [-0.15, -0.1) is 24.0 Å². The summed E-state index contributed by atoms with van der Waals surface area (Å²) in [7, 11) is 3.85. The van der Waals surface area contributed by atoms with Crippen molar-refractivity contribution in [1.82, 2.24) is 10.2 Å². The highest BCUT2D eigenvalue weighted by atomic mass is 127. The van der Waals surface area contributed by atoms with E-state index in [-0.39, 0.29) is 30.1 Å². The molecule has 0 bridgehead atoms. The highest BCUT2D eigenvalue weighted by molar-refractivity contribution is 14.0. The van der Waals surface area contributed by atoms with E-state index >= 15 is 0 Å². The topological polar surface area (TPSA) is 46.1 Å². The Kier molecular flexibility index (Phi) is 9.76. The molecule has 0 radical (unpaired) electrons. The molecule has 0 spiro atoms. The molecular weight excluding hydrogens is 441 g/mol.